The molecule has 1 saturated heterocycles. The zero-order valence-corrected chi connectivity index (χ0v) is 20.5. The second-order valence-electron chi connectivity index (χ2n) is 8.45. The molecule has 1 fully saturated rings. The molecule has 0 N–H and O–H groups in total. The molecule has 0 saturated carbocycles. The summed E-state index contributed by atoms with van der Waals surface area (Å²) in [6, 6.07) is 14.8. The zero-order chi connectivity index (χ0) is 23.8. The maximum Gasteiger partial charge on any atom is 0.266 e. The molecule has 1 aliphatic rings. The molecular weight excluding hydrogens is 496 g/mol. The normalized spacial score (nSPS) is 14.6. The third kappa shape index (κ3) is 4.46. The number of benzene rings is 3. The molecule has 0 spiro atoms. The number of likely N-dealkylation sites (tertiary alicyclic amines) is 1. The maximum absolute atomic E-state index is 14.4. The van der Waals surface area contributed by atoms with Gasteiger partial charge in [-0.2, -0.15) is 0 Å². The predicted molar refractivity (Wildman–Crippen MR) is 137 cm³/mol. The third-order valence-electron chi connectivity index (χ3n) is 6.16. The summed E-state index contributed by atoms with van der Waals surface area (Å²) in [5.41, 5.74) is 1.94. The minimum Gasteiger partial charge on any atom is -0.299 e. The molecule has 0 unspecified atom stereocenters. The van der Waals surface area contributed by atoms with Crippen LogP contribution in [-0.2, 0) is 6.54 Å². The van der Waals surface area contributed by atoms with Gasteiger partial charge in [0.15, 0.2) is 0 Å². The number of hydrogen-bond acceptors (Lipinski definition) is 3. The van der Waals surface area contributed by atoms with Crippen molar-refractivity contribution in [1.29, 1.82) is 0 Å². The Bertz CT molecular complexity index is 1450. The molecule has 1 aromatic heterocycles. The fraction of sp³-hybridized carbons (Fsp3) is 0.231. The van der Waals surface area contributed by atoms with Gasteiger partial charge in [0.2, 0.25) is 0 Å². The van der Waals surface area contributed by atoms with E-state index in [2.05, 4.69) is 4.90 Å². The lowest BCUT2D eigenvalue weighted by atomic mass is 10.1. The average Bonchev–Trinajstić information content (AvgIpc) is 2.83. The molecule has 0 amide bonds. The van der Waals surface area contributed by atoms with Crippen molar-refractivity contribution in [1.82, 2.24) is 14.5 Å². The molecule has 174 valence electrons. The number of nitrogens with zero attached hydrogens (tertiary/aromatic N) is 3. The molecule has 0 aliphatic carbocycles. The minimum atomic E-state index is -0.627. The standard InChI is InChI=1S/C26H21Cl3FN3O/c27-17-7-9-19-23(13-17)31-25(33(26(19)34)18-8-10-21(28)22(30)14-18)20-6-4-5-16(24(20)29)15-32-11-2-1-3-12-32/h4-10,13-14H,1-3,11-12,15H2. The van der Waals surface area contributed by atoms with Crippen molar-refractivity contribution in [3.8, 4) is 17.1 Å². The predicted octanol–water partition coefficient (Wildman–Crippen LogP) is 7.14. The van der Waals surface area contributed by atoms with Gasteiger partial charge in [-0.15, -0.1) is 0 Å². The number of hydrogen-bond donors (Lipinski definition) is 0. The highest BCUT2D eigenvalue weighted by Gasteiger charge is 2.20. The SMILES string of the molecule is O=c1c2ccc(Cl)cc2nc(-c2cccc(CN3CCCCC3)c2Cl)n1-c1ccc(Cl)c(F)c1. The molecule has 2 heterocycles. The van der Waals surface area contributed by atoms with Gasteiger partial charge in [-0.3, -0.25) is 14.3 Å². The lowest BCUT2D eigenvalue weighted by Gasteiger charge is -2.27. The number of piperidine rings is 1. The molecule has 3 aromatic carbocycles. The molecule has 4 aromatic rings. The Kier molecular flexibility index (Phi) is 6.63. The summed E-state index contributed by atoms with van der Waals surface area (Å²) in [5, 5.41) is 1.32. The van der Waals surface area contributed by atoms with Gasteiger partial charge in [-0.05, 0) is 74.0 Å². The molecule has 0 radical (unpaired) electrons. The van der Waals surface area contributed by atoms with Gasteiger partial charge in [-0.25, -0.2) is 9.37 Å². The number of rotatable bonds is 4. The Morgan fingerprint density at radius 2 is 1.74 bits per heavy atom. The van der Waals surface area contributed by atoms with Gasteiger partial charge in [0.1, 0.15) is 11.6 Å². The van der Waals surface area contributed by atoms with E-state index in [4.69, 9.17) is 39.8 Å². The Morgan fingerprint density at radius 3 is 2.50 bits per heavy atom. The van der Waals surface area contributed by atoms with E-state index in [9.17, 15) is 9.18 Å². The van der Waals surface area contributed by atoms with Crippen LogP contribution in [0.25, 0.3) is 28.0 Å². The van der Waals surface area contributed by atoms with Crippen LogP contribution in [0.4, 0.5) is 4.39 Å². The van der Waals surface area contributed by atoms with Gasteiger partial charge in [0, 0.05) is 17.1 Å². The first-order valence-electron chi connectivity index (χ1n) is 11.1. The van der Waals surface area contributed by atoms with E-state index in [0.717, 1.165) is 18.7 Å². The van der Waals surface area contributed by atoms with E-state index in [-0.39, 0.29) is 10.6 Å². The monoisotopic (exact) mass is 515 g/mol. The summed E-state index contributed by atoms with van der Waals surface area (Å²) in [6.07, 6.45) is 3.59. The van der Waals surface area contributed by atoms with Crippen LogP contribution >= 0.6 is 34.8 Å². The van der Waals surface area contributed by atoms with E-state index in [1.54, 1.807) is 24.3 Å². The third-order valence-corrected chi connectivity index (χ3v) is 7.14. The minimum absolute atomic E-state index is 0.0274. The molecule has 0 bridgehead atoms. The summed E-state index contributed by atoms with van der Waals surface area (Å²) >= 11 is 19.0. The highest BCUT2D eigenvalue weighted by Crippen LogP contribution is 2.33. The van der Waals surface area contributed by atoms with E-state index in [1.807, 2.05) is 18.2 Å². The largest absolute Gasteiger partial charge is 0.299 e. The molecule has 4 nitrogen and oxygen atoms in total. The summed E-state index contributed by atoms with van der Waals surface area (Å²) in [7, 11) is 0. The first-order valence-corrected chi connectivity index (χ1v) is 12.2. The first-order chi connectivity index (χ1) is 16.4. The van der Waals surface area contributed by atoms with Crippen LogP contribution in [-0.4, -0.2) is 27.5 Å². The van der Waals surface area contributed by atoms with Crippen LogP contribution in [0.5, 0.6) is 0 Å². The number of halogens is 4. The summed E-state index contributed by atoms with van der Waals surface area (Å²) in [6.45, 7) is 2.77. The number of fused-ring (bicyclic) bond motifs is 1. The van der Waals surface area contributed by atoms with Crippen molar-refractivity contribution in [2.75, 3.05) is 13.1 Å². The Hall–Kier alpha value is -2.44. The lowest BCUT2D eigenvalue weighted by Crippen LogP contribution is -2.29. The molecular formula is C26H21Cl3FN3O. The van der Waals surface area contributed by atoms with Gasteiger partial charge in [-0.1, -0.05) is 53.4 Å². The van der Waals surface area contributed by atoms with E-state index in [0.29, 0.717) is 44.6 Å². The molecule has 5 rings (SSSR count). The first kappa shape index (κ1) is 23.3. The van der Waals surface area contributed by atoms with Crippen LogP contribution in [0.3, 0.4) is 0 Å². The summed E-state index contributed by atoms with van der Waals surface area (Å²) < 4.78 is 15.8. The van der Waals surface area contributed by atoms with Gasteiger partial charge in [0.25, 0.3) is 5.56 Å². The Morgan fingerprint density at radius 1 is 0.941 bits per heavy atom. The van der Waals surface area contributed by atoms with Gasteiger partial charge < -0.3 is 0 Å². The summed E-state index contributed by atoms with van der Waals surface area (Å²) in [4.78, 5) is 20.8. The molecule has 34 heavy (non-hydrogen) atoms. The molecule has 8 heteroatoms. The summed E-state index contributed by atoms with van der Waals surface area (Å²) in [5.74, 6) is -0.315. The highest BCUT2D eigenvalue weighted by atomic mass is 35.5. The fourth-order valence-corrected chi connectivity index (χ4v) is 4.99. The van der Waals surface area contributed by atoms with Crippen LogP contribution in [0.15, 0.2) is 59.4 Å². The topological polar surface area (TPSA) is 38.1 Å². The number of aromatic nitrogens is 2. The smallest absolute Gasteiger partial charge is 0.266 e. The Labute approximate surface area is 211 Å². The zero-order valence-electron chi connectivity index (χ0n) is 18.2. The van der Waals surface area contributed by atoms with E-state index >= 15 is 0 Å². The fourth-order valence-electron chi connectivity index (χ4n) is 4.44. The second-order valence-corrected chi connectivity index (χ2v) is 9.67. The van der Waals surface area contributed by atoms with E-state index in [1.165, 1.54) is 36.0 Å². The maximum atomic E-state index is 14.4. The van der Waals surface area contributed by atoms with Crippen molar-refractivity contribution < 1.29 is 4.39 Å². The quantitative estimate of drug-likeness (QED) is 0.289. The van der Waals surface area contributed by atoms with Crippen LogP contribution in [0, 0.1) is 5.82 Å². The van der Waals surface area contributed by atoms with Gasteiger partial charge in [0.05, 0.1) is 26.6 Å². The van der Waals surface area contributed by atoms with Crippen LogP contribution in [0.1, 0.15) is 24.8 Å². The highest BCUT2D eigenvalue weighted by molar-refractivity contribution is 6.34. The van der Waals surface area contributed by atoms with E-state index < -0.39 is 5.82 Å². The van der Waals surface area contributed by atoms with Gasteiger partial charge >= 0.3 is 0 Å². The average molecular weight is 517 g/mol. The second kappa shape index (κ2) is 9.67. The van der Waals surface area contributed by atoms with Crippen molar-refractivity contribution in [2.45, 2.75) is 25.8 Å². The van der Waals surface area contributed by atoms with Crippen LogP contribution < -0.4 is 5.56 Å². The molecule has 1 aliphatic heterocycles. The van der Waals surface area contributed by atoms with Crippen molar-refractivity contribution in [3.05, 3.63) is 91.4 Å². The lowest BCUT2D eigenvalue weighted by molar-refractivity contribution is 0.221. The van der Waals surface area contributed by atoms with Crippen molar-refractivity contribution in [2.24, 2.45) is 0 Å². The van der Waals surface area contributed by atoms with Crippen molar-refractivity contribution >= 4 is 45.7 Å². The van der Waals surface area contributed by atoms with Crippen molar-refractivity contribution in [3.63, 3.8) is 0 Å². The van der Waals surface area contributed by atoms with Crippen LogP contribution in [0.2, 0.25) is 15.1 Å². The molecule has 0 atom stereocenters. The Balaban J connectivity index is 1.73.